The smallest absolute Gasteiger partial charge is 0.307 e. The lowest BCUT2D eigenvalue weighted by molar-refractivity contribution is -0.146. The van der Waals surface area contributed by atoms with E-state index in [2.05, 4.69) is 5.32 Å². The Morgan fingerprint density at radius 1 is 1.17 bits per heavy atom. The average molecular weight is 346 g/mol. The van der Waals surface area contributed by atoms with Crippen molar-refractivity contribution in [1.29, 1.82) is 0 Å². The molecule has 1 aromatic rings. The number of allylic oxidation sites excluding steroid dienone is 2. The number of carboxylic acids is 1. The van der Waals surface area contributed by atoms with Crippen molar-refractivity contribution in [3.05, 3.63) is 28.2 Å². The Labute approximate surface area is 142 Å². The Balaban J connectivity index is 1.62. The van der Waals surface area contributed by atoms with Crippen molar-refractivity contribution in [2.75, 3.05) is 5.32 Å². The number of amides is 2. The Morgan fingerprint density at radius 2 is 1.88 bits per heavy atom. The Hall–Kier alpha value is -2.15. The van der Waals surface area contributed by atoms with E-state index in [1.54, 1.807) is 0 Å². The Kier molecular flexibility index (Phi) is 3.49. The van der Waals surface area contributed by atoms with Gasteiger partial charge < -0.3 is 16.2 Å². The number of carbonyl (C=O) groups excluding carboxylic acids is 2. The van der Waals surface area contributed by atoms with Crippen molar-refractivity contribution in [1.82, 2.24) is 0 Å². The molecule has 1 heterocycles. The number of rotatable bonds is 4. The molecule has 4 rings (SSSR count). The number of aliphatic carboxylic acids is 1. The maximum atomic E-state index is 12.8. The molecule has 0 saturated heterocycles. The summed E-state index contributed by atoms with van der Waals surface area (Å²) in [5.41, 5.74) is 6.87. The number of nitrogens with two attached hydrogens (primary N) is 1. The lowest BCUT2D eigenvalue weighted by atomic mass is 9.82. The molecular formula is C17H18N2O4S. The van der Waals surface area contributed by atoms with Crippen molar-refractivity contribution in [2.24, 2.45) is 29.4 Å². The zero-order valence-corrected chi connectivity index (χ0v) is 13.8. The number of carboxylic acid groups (broad SMARTS) is 1. The number of anilines is 1. The van der Waals surface area contributed by atoms with Gasteiger partial charge in [-0.1, -0.05) is 12.2 Å². The van der Waals surface area contributed by atoms with Crippen molar-refractivity contribution in [3.63, 3.8) is 0 Å². The highest BCUT2D eigenvalue weighted by atomic mass is 32.1. The van der Waals surface area contributed by atoms with Gasteiger partial charge >= 0.3 is 5.97 Å². The summed E-state index contributed by atoms with van der Waals surface area (Å²) in [5, 5.41) is 12.8. The highest BCUT2D eigenvalue weighted by Crippen LogP contribution is 2.49. The lowest BCUT2D eigenvalue weighted by Gasteiger charge is -2.23. The molecule has 2 bridgehead atoms. The van der Waals surface area contributed by atoms with Crippen LogP contribution >= 0.6 is 11.3 Å². The van der Waals surface area contributed by atoms with E-state index in [1.807, 2.05) is 12.2 Å². The number of hydrogen-bond acceptors (Lipinski definition) is 4. The molecule has 1 aromatic heterocycles. The summed E-state index contributed by atoms with van der Waals surface area (Å²) < 4.78 is 0. The fourth-order valence-corrected chi connectivity index (χ4v) is 5.76. The van der Waals surface area contributed by atoms with Gasteiger partial charge in [-0.25, -0.2) is 0 Å². The number of nitrogens with one attached hydrogen (secondary N) is 1. The summed E-state index contributed by atoms with van der Waals surface area (Å²) in [6.45, 7) is 0. The van der Waals surface area contributed by atoms with Crippen molar-refractivity contribution >= 4 is 34.1 Å². The van der Waals surface area contributed by atoms with E-state index in [-0.39, 0.29) is 17.7 Å². The molecule has 0 unspecified atom stereocenters. The largest absolute Gasteiger partial charge is 0.481 e. The van der Waals surface area contributed by atoms with Crippen molar-refractivity contribution < 1.29 is 19.5 Å². The van der Waals surface area contributed by atoms with Crippen LogP contribution in [0.25, 0.3) is 0 Å². The summed E-state index contributed by atoms with van der Waals surface area (Å²) in [5.74, 6) is -3.18. The number of thiophene rings is 1. The highest BCUT2D eigenvalue weighted by molar-refractivity contribution is 7.17. The first-order valence-corrected chi connectivity index (χ1v) is 8.95. The van der Waals surface area contributed by atoms with E-state index >= 15 is 0 Å². The van der Waals surface area contributed by atoms with E-state index in [4.69, 9.17) is 5.73 Å². The Bertz CT molecular complexity index is 782. The summed E-state index contributed by atoms with van der Waals surface area (Å²) in [7, 11) is 0. The number of carbonyl (C=O) groups is 3. The van der Waals surface area contributed by atoms with Gasteiger partial charge in [-0.05, 0) is 43.1 Å². The fraction of sp³-hybridized carbons (Fsp3) is 0.471. The minimum atomic E-state index is -0.934. The zero-order valence-electron chi connectivity index (χ0n) is 13.0. The molecule has 2 amide bonds. The molecular weight excluding hydrogens is 328 g/mol. The van der Waals surface area contributed by atoms with E-state index in [1.165, 1.54) is 11.3 Å². The second kappa shape index (κ2) is 5.44. The first-order valence-electron chi connectivity index (χ1n) is 8.13. The van der Waals surface area contributed by atoms with Crippen LogP contribution in [0.5, 0.6) is 0 Å². The molecule has 4 N–H and O–H groups in total. The van der Waals surface area contributed by atoms with Crippen LogP contribution in [0.15, 0.2) is 12.2 Å². The van der Waals surface area contributed by atoms with Gasteiger partial charge in [-0.15, -0.1) is 11.3 Å². The molecule has 1 fully saturated rings. The monoisotopic (exact) mass is 346 g/mol. The van der Waals surface area contributed by atoms with Gasteiger partial charge in [-0.3, -0.25) is 14.4 Å². The summed E-state index contributed by atoms with van der Waals surface area (Å²) in [6, 6.07) is 0. The number of hydrogen-bond donors (Lipinski definition) is 3. The van der Waals surface area contributed by atoms with E-state index in [9.17, 15) is 19.5 Å². The van der Waals surface area contributed by atoms with Crippen LogP contribution in [0.1, 0.15) is 33.6 Å². The van der Waals surface area contributed by atoms with Gasteiger partial charge in [0, 0.05) is 4.88 Å². The quantitative estimate of drug-likeness (QED) is 0.722. The van der Waals surface area contributed by atoms with E-state index < -0.39 is 23.7 Å². The fourth-order valence-electron chi connectivity index (χ4n) is 4.46. The SMILES string of the molecule is NC(=O)c1c(NC(=O)[C@@H]2[C@@H](C(=O)O)[C@H]3C=C[C@@H]2C3)sc2c1CCC2. The molecule has 0 aliphatic heterocycles. The summed E-state index contributed by atoms with van der Waals surface area (Å²) >= 11 is 1.40. The van der Waals surface area contributed by atoms with Gasteiger partial charge in [0.1, 0.15) is 5.00 Å². The number of fused-ring (bicyclic) bond motifs is 3. The molecule has 126 valence electrons. The molecule has 0 spiro atoms. The van der Waals surface area contributed by atoms with Crippen LogP contribution < -0.4 is 11.1 Å². The predicted octanol–water partition coefficient (Wildman–Crippen LogP) is 1.80. The third-order valence-electron chi connectivity index (χ3n) is 5.45. The third kappa shape index (κ3) is 2.18. The van der Waals surface area contributed by atoms with Crippen LogP contribution in [0.3, 0.4) is 0 Å². The molecule has 4 atom stereocenters. The van der Waals surface area contributed by atoms with Crippen LogP contribution in [0.2, 0.25) is 0 Å². The maximum absolute atomic E-state index is 12.8. The van der Waals surface area contributed by atoms with Crippen LogP contribution in [-0.4, -0.2) is 22.9 Å². The molecule has 3 aliphatic rings. The molecule has 7 heteroatoms. The maximum Gasteiger partial charge on any atom is 0.307 e. The van der Waals surface area contributed by atoms with E-state index in [0.717, 1.165) is 29.7 Å². The number of aryl methyl sites for hydroxylation is 1. The lowest BCUT2D eigenvalue weighted by Crippen LogP contribution is -2.36. The Morgan fingerprint density at radius 3 is 2.54 bits per heavy atom. The topological polar surface area (TPSA) is 109 Å². The van der Waals surface area contributed by atoms with Crippen molar-refractivity contribution in [2.45, 2.75) is 25.7 Å². The van der Waals surface area contributed by atoms with Crippen LogP contribution in [0, 0.1) is 23.7 Å². The molecule has 3 aliphatic carbocycles. The first-order chi connectivity index (χ1) is 11.5. The van der Waals surface area contributed by atoms with Crippen molar-refractivity contribution in [3.8, 4) is 0 Å². The highest BCUT2D eigenvalue weighted by Gasteiger charge is 2.51. The van der Waals surface area contributed by atoms with Crippen LogP contribution in [-0.2, 0) is 22.4 Å². The second-order valence-corrected chi connectivity index (χ2v) is 7.86. The second-order valence-electron chi connectivity index (χ2n) is 6.75. The molecule has 0 aromatic carbocycles. The zero-order chi connectivity index (χ0) is 17.0. The third-order valence-corrected chi connectivity index (χ3v) is 6.66. The molecule has 24 heavy (non-hydrogen) atoms. The van der Waals surface area contributed by atoms with Gasteiger partial charge in [0.15, 0.2) is 0 Å². The molecule has 0 radical (unpaired) electrons. The minimum Gasteiger partial charge on any atom is -0.481 e. The first kappa shape index (κ1) is 15.4. The standard InChI is InChI=1S/C17H18N2O4S/c18-14(20)13-9-2-1-3-10(9)24-16(13)19-15(21)11-7-4-5-8(6-7)12(11)17(22)23/h4-5,7-8,11-12H,1-3,6H2,(H2,18,20)(H,19,21)(H,22,23)/t7-,8+,11+,12+/m1/s1. The summed E-state index contributed by atoms with van der Waals surface area (Å²) in [6.07, 6.45) is 7.24. The van der Waals surface area contributed by atoms with Gasteiger partial charge in [0.25, 0.3) is 5.91 Å². The van der Waals surface area contributed by atoms with E-state index in [0.29, 0.717) is 17.0 Å². The number of primary amides is 1. The normalized spacial score (nSPS) is 29.7. The average Bonchev–Trinajstić information content (AvgIpc) is 3.24. The van der Waals surface area contributed by atoms with Gasteiger partial charge in [0.2, 0.25) is 5.91 Å². The predicted molar refractivity (Wildman–Crippen MR) is 88.8 cm³/mol. The molecule has 6 nitrogen and oxygen atoms in total. The molecule has 1 saturated carbocycles. The minimum absolute atomic E-state index is 0.0417. The van der Waals surface area contributed by atoms with Gasteiger partial charge in [0.05, 0.1) is 17.4 Å². The van der Waals surface area contributed by atoms with Gasteiger partial charge in [-0.2, -0.15) is 0 Å². The summed E-state index contributed by atoms with van der Waals surface area (Å²) in [4.78, 5) is 37.2. The van der Waals surface area contributed by atoms with Crippen LogP contribution in [0.4, 0.5) is 5.00 Å².